The lowest BCUT2D eigenvalue weighted by atomic mass is 10.1. The van der Waals surface area contributed by atoms with Crippen LogP contribution in [-0.4, -0.2) is 29.4 Å². The van der Waals surface area contributed by atoms with Gasteiger partial charge in [0.25, 0.3) is 0 Å². The van der Waals surface area contributed by atoms with Gasteiger partial charge in [-0.05, 0) is 41.4 Å². The lowest BCUT2D eigenvalue weighted by Crippen LogP contribution is -2.50. The van der Waals surface area contributed by atoms with Crippen molar-refractivity contribution in [1.82, 2.24) is 4.98 Å². The summed E-state index contributed by atoms with van der Waals surface area (Å²) < 4.78 is 0. The normalized spacial score (nSPS) is 14.4. The fraction of sp³-hybridized carbons (Fsp3) is 0.136. The summed E-state index contributed by atoms with van der Waals surface area (Å²) in [7, 11) is 0. The molecular weight excluding hydrogens is 438 g/mol. The quantitative estimate of drug-likeness (QED) is 0.136. The SMILES string of the molecule is [N-]=[N+]=NC[C@@H]1C(=O)Nc2ccc(N(N)c3cccc(C(=O)N=O)c3)nc2N1Cc1ccccc1. The minimum absolute atomic E-state index is 0.0876. The van der Waals surface area contributed by atoms with E-state index in [1.807, 2.05) is 30.3 Å². The molecule has 12 heteroatoms. The van der Waals surface area contributed by atoms with Crippen LogP contribution in [0.25, 0.3) is 10.4 Å². The van der Waals surface area contributed by atoms with Crippen molar-refractivity contribution in [2.75, 3.05) is 21.8 Å². The Morgan fingerprint density at radius 3 is 2.71 bits per heavy atom. The first-order chi connectivity index (χ1) is 16.5. The molecule has 2 heterocycles. The lowest BCUT2D eigenvalue weighted by molar-refractivity contribution is -0.117. The molecule has 4 rings (SSSR count). The van der Waals surface area contributed by atoms with Crippen LogP contribution >= 0.6 is 0 Å². The number of nitrogens with one attached hydrogen (secondary N) is 1. The summed E-state index contributed by atoms with van der Waals surface area (Å²) in [5, 5.41) is 10.1. The number of amides is 2. The highest BCUT2D eigenvalue weighted by molar-refractivity contribution is 6.03. The summed E-state index contributed by atoms with van der Waals surface area (Å²) >= 11 is 0. The van der Waals surface area contributed by atoms with Gasteiger partial charge >= 0.3 is 5.91 Å². The molecular formula is C22H19N9O3. The average Bonchev–Trinajstić information content (AvgIpc) is 2.88. The van der Waals surface area contributed by atoms with Crippen molar-refractivity contribution in [2.24, 2.45) is 16.1 Å². The van der Waals surface area contributed by atoms with Gasteiger partial charge in [0.15, 0.2) is 5.82 Å². The van der Waals surface area contributed by atoms with E-state index in [0.29, 0.717) is 29.6 Å². The smallest absolute Gasteiger partial charge is 0.316 e. The third-order valence-electron chi connectivity index (χ3n) is 5.28. The molecule has 34 heavy (non-hydrogen) atoms. The van der Waals surface area contributed by atoms with E-state index >= 15 is 0 Å². The molecule has 0 bridgehead atoms. The van der Waals surface area contributed by atoms with Gasteiger partial charge in [0.05, 0.1) is 17.9 Å². The van der Waals surface area contributed by atoms with E-state index in [-0.39, 0.29) is 18.0 Å². The molecule has 0 radical (unpaired) electrons. The molecule has 0 spiro atoms. The molecule has 3 aromatic rings. The molecule has 0 fully saturated rings. The number of hydrazine groups is 1. The lowest BCUT2D eigenvalue weighted by Gasteiger charge is -2.37. The molecule has 1 aliphatic heterocycles. The Hall–Kier alpha value is -4.80. The first kappa shape index (κ1) is 22.4. The Balaban J connectivity index is 1.74. The van der Waals surface area contributed by atoms with Crippen LogP contribution in [0.1, 0.15) is 15.9 Å². The Labute approximate surface area is 193 Å². The Morgan fingerprint density at radius 2 is 1.97 bits per heavy atom. The molecule has 2 amide bonds. The third kappa shape index (κ3) is 4.53. The molecule has 170 valence electrons. The highest BCUT2D eigenvalue weighted by atomic mass is 16.3. The van der Waals surface area contributed by atoms with Crippen LogP contribution in [0, 0.1) is 4.91 Å². The molecule has 0 saturated carbocycles. The second-order valence-electron chi connectivity index (χ2n) is 7.39. The highest BCUT2D eigenvalue weighted by Gasteiger charge is 2.34. The molecule has 1 aliphatic rings. The number of carbonyl (C=O) groups excluding carboxylic acids is 2. The van der Waals surface area contributed by atoms with Gasteiger partial charge in [0, 0.05) is 22.2 Å². The predicted octanol–water partition coefficient (Wildman–Crippen LogP) is 3.64. The number of nitrogens with zero attached hydrogens (tertiary/aromatic N) is 7. The zero-order valence-electron chi connectivity index (χ0n) is 17.8. The summed E-state index contributed by atoms with van der Waals surface area (Å²) in [4.78, 5) is 44.2. The number of fused-ring (bicyclic) bond motifs is 1. The molecule has 3 N–H and O–H groups in total. The Kier molecular flexibility index (Phi) is 6.44. The number of nitrogens with two attached hydrogens (primary N) is 1. The number of azide groups is 1. The van der Waals surface area contributed by atoms with Crippen LogP contribution in [-0.2, 0) is 11.3 Å². The molecule has 1 atom stereocenters. The number of hydrogen-bond donors (Lipinski definition) is 2. The fourth-order valence-electron chi connectivity index (χ4n) is 3.63. The number of pyridine rings is 1. The summed E-state index contributed by atoms with van der Waals surface area (Å²) in [5.74, 6) is 5.81. The summed E-state index contributed by atoms with van der Waals surface area (Å²) in [5.41, 5.74) is 10.7. The van der Waals surface area contributed by atoms with Gasteiger partial charge in [-0.2, -0.15) is 0 Å². The predicted molar refractivity (Wildman–Crippen MR) is 126 cm³/mol. The summed E-state index contributed by atoms with van der Waals surface area (Å²) in [6.45, 7) is 0.249. The maximum atomic E-state index is 12.8. The van der Waals surface area contributed by atoms with E-state index in [1.165, 1.54) is 17.1 Å². The van der Waals surface area contributed by atoms with Gasteiger partial charge in [-0.15, -0.1) is 4.91 Å². The fourth-order valence-corrected chi connectivity index (χ4v) is 3.63. The number of aromatic nitrogens is 1. The van der Waals surface area contributed by atoms with Gasteiger partial charge in [-0.1, -0.05) is 41.5 Å². The van der Waals surface area contributed by atoms with E-state index in [2.05, 4.69) is 25.5 Å². The minimum atomic E-state index is -0.911. The minimum Gasteiger partial charge on any atom is -0.338 e. The standard InChI is InChI=1S/C22H19N9O3/c23-29-25-12-18-22(33)26-17-9-10-19(27-20(17)30(18)13-14-5-2-1-3-6-14)31(24)16-8-4-7-15(11-16)21(32)28-34/h1-11,18H,12-13,24H2,(H,26,33)/t18-/m1/s1. The maximum absolute atomic E-state index is 12.8. The number of nitroso groups, excluding NO2 is 1. The van der Waals surface area contributed by atoms with Gasteiger partial charge in [-0.25, -0.2) is 10.8 Å². The monoisotopic (exact) mass is 457 g/mol. The maximum Gasteiger partial charge on any atom is 0.316 e. The zero-order chi connectivity index (χ0) is 24.1. The van der Waals surface area contributed by atoms with Crippen molar-refractivity contribution in [3.05, 3.63) is 93.2 Å². The summed E-state index contributed by atoms with van der Waals surface area (Å²) in [6.07, 6.45) is 0. The van der Waals surface area contributed by atoms with Crippen LogP contribution in [0.15, 0.2) is 77.0 Å². The van der Waals surface area contributed by atoms with Gasteiger partial charge in [0.1, 0.15) is 11.9 Å². The van der Waals surface area contributed by atoms with Crippen molar-refractivity contribution in [2.45, 2.75) is 12.6 Å². The largest absolute Gasteiger partial charge is 0.338 e. The number of anilines is 4. The number of carbonyl (C=O) groups is 2. The van der Waals surface area contributed by atoms with Crippen LogP contribution in [0.5, 0.6) is 0 Å². The van der Waals surface area contributed by atoms with Crippen molar-refractivity contribution < 1.29 is 9.59 Å². The molecule has 2 aromatic carbocycles. The van der Waals surface area contributed by atoms with Gasteiger partial charge < -0.3 is 10.2 Å². The van der Waals surface area contributed by atoms with E-state index in [0.717, 1.165) is 5.56 Å². The molecule has 0 unspecified atom stereocenters. The van der Waals surface area contributed by atoms with E-state index in [1.54, 1.807) is 29.2 Å². The second kappa shape index (κ2) is 9.77. The van der Waals surface area contributed by atoms with Crippen molar-refractivity contribution in [3.8, 4) is 0 Å². The van der Waals surface area contributed by atoms with E-state index in [4.69, 9.17) is 11.4 Å². The topological polar surface area (TPSA) is 170 Å². The number of hydrogen-bond acceptors (Lipinski definition) is 8. The molecule has 12 nitrogen and oxygen atoms in total. The zero-order valence-corrected chi connectivity index (χ0v) is 17.8. The third-order valence-corrected chi connectivity index (χ3v) is 5.28. The van der Waals surface area contributed by atoms with Crippen molar-refractivity contribution >= 4 is 34.8 Å². The average molecular weight is 457 g/mol. The second-order valence-corrected chi connectivity index (χ2v) is 7.39. The van der Waals surface area contributed by atoms with Gasteiger partial charge in [0.2, 0.25) is 5.91 Å². The van der Waals surface area contributed by atoms with Crippen LogP contribution in [0.4, 0.5) is 23.0 Å². The number of benzene rings is 2. The Bertz CT molecular complexity index is 1290. The van der Waals surface area contributed by atoms with E-state index in [9.17, 15) is 14.5 Å². The first-order valence-electron chi connectivity index (χ1n) is 10.2. The summed E-state index contributed by atoms with van der Waals surface area (Å²) in [6, 6.07) is 18.1. The number of rotatable bonds is 7. The molecule has 1 aromatic heterocycles. The molecule has 0 saturated heterocycles. The van der Waals surface area contributed by atoms with Crippen LogP contribution < -0.4 is 21.1 Å². The van der Waals surface area contributed by atoms with Crippen LogP contribution in [0.3, 0.4) is 0 Å². The van der Waals surface area contributed by atoms with Gasteiger partial charge in [-0.3, -0.25) is 14.6 Å². The van der Waals surface area contributed by atoms with Crippen LogP contribution in [0.2, 0.25) is 0 Å². The highest BCUT2D eigenvalue weighted by Crippen LogP contribution is 2.34. The van der Waals surface area contributed by atoms with Crippen molar-refractivity contribution in [3.63, 3.8) is 0 Å². The Morgan fingerprint density at radius 1 is 1.18 bits per heavy atom. The first-order valence-corrected chi connectivity index (χ1v) is 10.2. The van der Waals surface area contributed by atoms with E-state index < -0.39 is 11.9 Å². The molecule has 0 aliphatic carbocycles. The van der Waals surface area contributed by atoms with Crippen molar-refractivity contribution in [1.29, 1.82) is 0 Å².